The van der Waals surface area contributed by atoms with Crippen molar-refractivity contribution in [3.63, 3.8) is 0 Å². The highest BCUT2D eigenvalue weighted by atomic mass is 16.5. The maximum Gasteiger partial charge on any atom is 0.306 e. The molecule has 50 heavy (non-hydrogen) atoms. The summed E-state index contributed by atoms with van der Waals surface area (Å²) in [6.45, 7) is 14.7. The first kappa shape index (κ1) is 41.2. The third kappa shape index (κ3) is 11.0. The van der Waals surface area contributed by atoms with Gasteiger partial charge in [0, 0.05) is 18.3 Å². The van der Waals surface area contributed by atoms with Crippen LogP contribution in [0.25, 0.3) is 0 Å². The number of allylic oxidation sites excluding steroid dienone is 8. The quantitative estimate of drug-likeness (QED) is 0.0786. The Bertz CT molecular complexity index is 1120. The molecule has 4 aliphatic rings. The zero-order valence-electron chi connectivity index (χ0n) is 33.4. The van der Waals surface area contributed by atoms with E-state index in [1.165, 1.54) is 83.5 Å². The summed E-state index contributed by atoms with van der Waals surface area (Å²) in [5.74, 6) is 5.07. The second-order valence-electron chi connectivity index (χ2n) is 18.1. The number of ether oxygens (including phenoxy) is 1. The molecule has 0 heterocycles. The third-order valence-electron chi connectivity index (χ3n) is 14.4. The molecule has 0 aliphatic heterocycles. The van der Waals surface area contributed by atoms with E-state index in [0.717, 1.165) is 68.1 Å². The van der Waals surface area contributed by atoms with Crippen molar-refractivity contribution < 1.29 is 14.6 Å². The summed E-state index contributed by atoms with van der Waals surface area (Å²) in [5, 5.41) is 11.0. The van der Waals surface area contributed by atoms with E-state index in [-0.39, 0.29) is 23.6 Å². The summed E-state index contributed by atoms with van der Waals surface area (Å²) < 4.78 is 6.43. The van der Waals surface area contributed by atoms with Crippen LogP contribution >= 0.6 is 0 Å². The van der Waals surface area contributed by atoms with Crippen molar-refractivity contribution in [3.8, 4) is 0 Å². The summed E-state index contributed by atoms with van der Waals surface area (Å²) in [5.41, 5.74) is 0.458. The molecule has 1 unspecified atom stereocenters. The van der Waals surface area contributed by atoms with Crippen LogP contribution in [0.2, 0.25) is 0 Å². The lowest BCUT2D eigenvalue weighted by Gasteiger charge is -2.62. The van der Waals surface area contributed by atoms with Crippen LogP contribution in [0.15, 0.2) is 48.6 Å². The van der Waals surface area contributed by atoms with Gasteiger partial charge in [0.1, 0.15) is 6.10 Å². The van der Waals surface area contributed by atoms with E-state index in [0.29, 0.717) is 30.1 Å². The highest BCUT2D eigenvalue weighted by Crippen LogP contribution is 2.68. The van der Waals surface area contributed by atoms with Gasteiger partial charge in [-0.1, -0.05) is 122 Å². The summed E-state index contributed by atoms with van der Waals surface area (Å²) in [4.78, 5) is 13.3. The van der Waals surface area contributed by atoms with E-state index in [2.05, 4.69) is 90.2 Å². The Balaban J connectivity index is 1.21. The first-order chi connectivity index (χ1) is 24.1. The zero-order valence-corrected chi connectivity index (χ0v) is 33.4. The van der Waals surface area contributed by atoms with Gasteiger partial charge in [-0.25, -0.2) is 0 Å². The van der Waals surface area contributed by atoms with Gasteiger partial charge in [-0.2, -0.15) is 0 Å². The van der Waals surface area contributed by atoms with Crippen molar-refractivity contribution in [1.29, 1.82) is 0 Å². The minimum Gasteiger partial charge on any atom is -0.462 e. The molecule has 3 nitrogen and oxygen atoms in total. The summed E-state index contributed by atoms with van der Waals surface area (Å²) in [6.07, 6.45) is 41.3. The fraction of sp³-hybridized carbons (Fsp3) is 0.809. The average molecular weight is 691 g/mol. The van der Waals surface area contributed by atoms with Gasteiger partial charge >= 0.3 is 5.97 Å². The average Bonchev–Trinajstić information content (AvgIpc) is 3.44. The van der Waals surface area contributed by atoms with Crippen molar-refractivity contribution in [1.82, 2.24) is 0 Å². The Hall–Kier alpha value is -1.61. The van der Waals surface area contributed by atoms with E-state index in [4.69, 9.17) is 4.74 Å². The summed E-state index contributed by atoms with van der Waals surface area (Å²) >= 11 is 0. The molecule has 0 saturated heterocycles. The number of aliphatic hydroxyl groups excluding tert-OH is 1. The highest BCUT2D eigenvalue weighted by Gasteiger charge is 2.63. The topological polar surface area (TPSA) is 46.5 Å². The van der Waals surface area contributed by atoms with Crippen LogP contribution in [0.1, 0.15) is 176 Å². The molecule has 0 spiro atoms. The highest BCUT2D eigenvalue weighted by molar-refractivity contribution is 5.69. The Morgan fingerprint density at radius 1 is 0.760 bits per heavy atom. The van der Waals surface area contributed by atoms with Crippen molar-refractivity contribution >= 4 is 5.97 Å². The van der Waals surface area contributed by atoms with E-state index in [1.807, 2.05) is 0 Å². The first-order valence-corrected chi connectivity index (χ1v) is 21.6. The predicted molar refractivity (Wildman–Crippen MR) is 213 cm³/mol. The molecule has 0 bridgehead atoms. The number of carbonyl (C=O) groups excluding carboxylic acids is 1. The van der Waals surface area contributed by atoms with Gasteiger partial charge in [0.25, 0.3) is 0 Å². The van der Waals surface area contributed by atoms with Crippen LogP contribution in [0, 0.1) is 52.3 Å². The molecule has 0 aromatic rings. The monoisotopic (exact) mass is 691 g/mol. The first-order valence-electron chi connectivity index (χ1n) is 21.6. The van der Waals surface area contributed by atoms with Gasteiger partial charge < -0.3 is 9.84 Å². The van der Waals surface area contributed by atoms with Crippen molar-refractivity contribution in [2.24, 2.45) is 52.3 Å². The van der Waals surface area contributed by atoms with E-state index >= 15 is 0 Å². The molecule has 10 atom stereocenters. The molecule has 1 N–H and O–H groups in total. The van der Waals surface area contributed by atoms with Crippen LogP contribution in [0.4, 0.5) is 0 Å². The summed E-state index contributed by atoms with van der Waals surface area (Å²) in [6, 6.07) is 0. The fourth-order valence-corrected chi connectivity index (χ4v) is 11.6. The molecule has 0 amide bonds. The number of rotatable bonds is 20. The van der Waals surface area contributed by atoms with Crippen LogP contribution in [-0.2, 0) is 9.53 Å². The second kappa shape index (κ2) is 20.6. The normalized spacial score (nSPS) is 34.9. The molecule has 4 saturated carbocycles. The van der Waals surface area contributed by atoms with Crippen LogP contribution in [0.3, 0.4) is 0 Å². The Morgan fingerprint density at radius 2 is 1.42 bits per heavy atom. The molecule has 3 heteroatoms. The fourth-order valence-electron chi connectivity index (χ4n) is 11.6. The Kier molecular flexibility index (Phi) is 16.9. The SMILES string of the molecule is CCCCC/C=C\C/C=C\C/C=C\C/C=C\CCCC(=O)OC1C[C@@H](O)C[C@H]2CC[C@@H]3[C@@H]4CC[C@H]([C@H](C)CCCC(C)C)[C@@]4(C)CC[C@@H]3[C@@]12C. The Morgan fingerprint density at radius 3 is 2.08 bits per heavy atom. The lowest BCUT2D eigenvalue weighted by Crippen LogP contribution is -2.60. The van der Waals surface area contributed by atoms with Gasteiger partial charge in [-0.05, 0) is 137 Å². The number of esters is 1. The van der Waals surface area contributed by atoms with E-state index in [9.17, 15) is 9.90 Å². The number of aliphatic hydroxyl groups is 1. The zero-order chi connectivity index (χ0) is 36.0. The number of unbranched alkanes of at least 4 members (excludes halogenated alkanes) is 4. The molecule has 284 valence electrons. The molecule has 4 rings (SSSR count). The third-order valence-corrected chi connectivity index (χ3v) is 14.4. The van der Waals surface area contributed by atoms with Gasteiger partial charge in [-0.15, -0.1) is 0 Å². The van der Waals surface area contributed by atoms with Gasteiger partial charge in [0.15, 0.2) is 0 Å². The number of fused-ring (bicyclic) bond motifs is 5. The van der Waals surface area contributed by atoms with Gasteiger partial charge in [0.2, 0.25) is 0 Å². The minimum absolute atomic E-state index is 0.00746. The molecule has 4 fully saturated rings. The van der Waals surface area contributed by atoms with Crippen LogP contribution < -0.4 is 0 Å². The lowest BCUT2D eigenvalue weighted by atomic mass is 9.43. The maximum absolute atomic E-state index is 13.3. The minimum atomic E-state index is -0.345. The van der Waals surface area contributed by atoms with Crippen molar-refractivity contribution in [3.05, 3.63) is 48.6 Å². The lowest BCUT2D eigenvalue weighted by molar-refractivity contribution is -0.203. The van der Waals surface area contributed by atoms with E-state index in [1.54, 1.807) is 0 Å². The predicted octanol–water partition coefficient (Wildman–Crippen LogP) is 13.1. The number of carbonyl (C=O) groups is 1. The van der Waals surface area contributed by atoms with Gasteiger partial charge in [0.05, 0.1) is 6.10 Å². The van der Waals surface area contributed by atoms with Crippen molar-refractivity contribution in [2.75, 3.05) is 0 Å². The van der Waals surface area contributed by atoms with E-state index < -0.39 is 0 Å². The second-order valence-corrected chi connectivity index (χ2v) is 18.1. The summed E-state index contributed by atoms with van der Waals surface area (Å²) in [7, 11) is 0. The largest absolute Gasteiger partial charge is 0.462 e. The number of hydrogen-bond donors (Lipinski definition) is 1. The maximum atomic E-state index is 13.3. The van der Waals surface area contributed by atoms with Crippen molar-refractivity contribution in [2.45, 2.75) is 189 Å². The van der Waals surface area contributed by atoms with Gasteiger partial charge in [-0.3, -0.25) is 4.79 Å². The standard InChI is InChI=1S/C47H78O3/c1-7-8-9-10-11-12-13-14-15-16-17-18-19-20-21-22-23-27-45(49)50-44-35-39(48)34-38-28-29-40-42-31-30-41(37(4)26-24-25-36(2)3)46(42,5)33-32-43(40)47(38,44)6/h11-12,14-15,17-18,20-21,36-44,48H,7-10,13,16,19,22-35H2,1-6H3/b12-11-,15-14-,18-17-,21-20-/t37-,38-,39+,40-,41-,42+,43+,44?,46-,47+/m1/s1. The molecular weight excluding hydrogens is 613 g/mol. The molecule has 4 aliphatic carbocycles. The molecule has 0 radical (unpaired) electrons. The molecule has 0 aromatic carbocycles. The molecule has 0 aromatic heterocycles. The Labute approximate surface area is 309 Å². The smallest absolute Gasteiger partial charge is 0.306 e. The van der Waals surface area contributed by atoms with Crippen LogP contribution in [-0.4, -0.2) is 23.3 Å². The van der Waals surface area contributed by atoms with Crippen LogP contribution in [0.5, 0.6) is 0 Å². The molecular formula is C47H78O3. The number of hydrogen-bond acceptors (Lipinski definition) is 3.